The maximum Gasteiger partial charge on any atom is 0.0794 e. The van der Waals surface area contributed by atoms with Crippen LogP contribution in [-0.2, 0) is 6.54 Å². The zero-order chi connectivity index (χ0) is 11.4. The Morgan fingerprint density at radius 2 is 2.44 bits per heavy atom. The van der Waals surface area contributed by atoms with Crippen LogP contribution in [-0.4, -0.2) is 16.1 Å². The highest BCUT2D eigenvalue weighted by atomic mass is 32.1. The molecule has 1 atom stereocenters. The second-order valence-electron chi connectivity index (χ2n) is 3.86. The molecule has 1 unspecified atom stereocenters. The summed E-state index contributed by atoms with van der Waals surface area (Å²) in [6, 6.07) is 2.60. The third kappa shape index (κ3) is 2.71. The normalized spacial score (nSPS) is 12.9. The molecule has 0 amide bonds. The van der Waals surface area contributed by atoms with E-state index < -0.39 is 0 Å². The van der Waals surface area contributed by atoms with Gasteiger partial charge in [-0.3, -0.25) is 4.98 Å². The van der Waals surface area contributed by atoms with Gasteiger partial charge in [0.05, 0.1) is 12.1 Å². The van der Waals surface area contributed by atoms with Crippen molar-refractivity contribution in [2.45, 2.75) is 26.4 Å². The van der Waals surface area contributed by atoms with Crippen LogP contribution >= 0.6 is 11.3 Å². The molecule has 4 heteroatoms. The van der Waals surface area contributed by atoms with E-state index in [1.165, 1.54) is 10.4 Å². The van der Waals surface area contributed by atoms with Crippen molar-refractivity contribution >= 4 is 11.3 Å². The first-order valence-electron chi connectivity index (χ1n) is 5.56. The minimum atomic E-state index is 0.424. The molecule has 0 saturated carbocycles. The lowest BCUT2D eigenvalue weighted by Crippen LogP contribution is -2.17. The van der Waals surface area contributed by atoms with E-state index in [2.05, 4.69) is 47.2 Å². The summed E-state index contributed by atoms with van der Waals surface area (Å²) in [5, 5.41) is 3.41. The van der Waals surface area contributed by atoms with Crippen LogP contribution in [0.1, 0.15) is 30.3 Å². The average Bonchev–Trinajstić information content (AvgIpc) is 2.90. The Balaban J connectivity index is 2.02. The highest BCUT2D eigenvalue weighted by molar-refractivity contribution is 7.09. The van der Waals surface area contributed by atoms with E-state index >= 15 is 0 Å². The highest BCUT2D eigenvalue weighted by Gasteiger charge is 2.05. The Bertz CT molecular complexity index is 419. The van der Waals surface area contributed by atoms with Gasteiger partial charge in [0.1, 0.15) is 0 Å². The minimum absolute atomic E-state index is 0.424. The van der Waals surface area contributed by atoms with E-state index in [4.69, 9.17) is 0 Å². The Hall–Kier alpha value is -1.13. The minimum Gasteiger partial charge on any atom is -0.349 e. The smallest absolute Gasteiger partial charge is 0.0794 e. The Kier molecular flexibility index (Phi) is 3.74. The maximum atomic E-state index is 4.08. The van der Waals surface area contributed by atoms with Crippen LogP contribution in [0.3, 0.4) is 0 Å². The van der Waals surface area contributed by atoms with Crippen LogP contribution in [0.15, 0.2) is 30.2 Å². The molecule has 2 rings (SSSR count). The summed E-state index contributed by atoms with van der Waals surface area (Å²) >= 11 is 1.70. The largest absolute Gasteiger partial charge is 0.349 e. The van der Waals surface area contributed by atoms with E-state index in [0.29, 0.717) is 6.04 Å². The van der Waals surface area contributed by atoms with Gasteiger partial charge in [-0.1, -0.05) is 6.92 Å². The number of nitrogens with zero attached hydrogens (tertiary/aromatic N) is 2. The molecule has 0 radical (unpaired) electrons. The van der Waals surface area contributed by atoms with Gasteiger partial charge in [0.15, 0.2) is 0 Å². The fourth-order valence-electron chi connectivity index (χ4n) is 1.74. The van der Waals surface area contributed by atoms with Crippen molar-refractivity contribution in [1.82, 2.24) is 14.9 Å². The number of hydrogen-bond donors (Lipinski definition) is 1. The molecule has 2 aromatic rings. The van der Waals surface area contributed by atoms with Crippen LogP contribution in [0.25, 0.3) is 0 Å². The van der Waals surface area contributed by atoms with Crippen LogP contribution in [0, 0.1) is 0 Å². The first-order valence-corrected chi connectivity index (χ1v) is 6.44. The Morgan fingerprint density at radius 3 is 3.12 bits per heavy atom. The number of hydrogen-bond acceptors (Lipinski definition) is 3. The van der Waals surface area contributed by atoms with Gasteiger partial charge in [-0.2, -0.15) is 0 Å². The summed E-state index contributed by atoms with van der Waals surface area (Å²) < 4.78 is 2.21. The lowest BCUT2D eigenvalue weighted by molar-refractivity contribution is 0.596. The average molecular weight is 235 g/mol. The van der Waals surface area contributed by atoms with Crippen molar-refractivity contribution in [2.75, 3.05) is 6.54 Å². The van der Waals surface area contributed by atoms with Crippen LogP contribution < -0.4 is 5.32 Å². The number of aromatic nitrogens is 2. The van der Waals surface area contributed by atoms with Gasteiger partial charge in [-0.25, -0.2) is 0 Å². The van der Waals surface area contributed by atoms with E-state index in [-0.39, 0.29) is 0 Å². The fraction of sp³-hybridized carbons (Fsp3) is 0.417. The molecule has 86 valence electrons. The zero-order valence-electron chi connectivity index (χ0n) is 9.68. The lowest BCUT2D eigenvalue weighted by atomic mass is 10.2. The second-order valence-corrected chi connectivity index (χ2v) is 4.84. The SMILES string of the molecule is CCNC(C)c1ccn(Cc2cncs2)c1. The summed E-state index contributed by atoms with van der Waals surface area (Å²) in [5.74, 6) is 0. The van der Waals surface area contributed by atoms with E-state index in [1.54, 1.807) is 11.3 Å². The molecule has 3 nitrogen and oxygen atoms in total. The molecule has 1 N–H and O–H groups in total. The molecule has 2 heterocycles. The van der Waals surface area contributed by atoms with Gasteiger partial charge in [0.25, 0.3) is 0 Å². The number of rotatable bonds is 5. The van der Waals surface area contributed by atoms with Crippen LogP contribution in [0.4, 0.5) is 0 Å². The van der Waals surface area contributed by atoms with Gasteiger partial charge in [0.2, 0.25) is 0 Å². The predicted octanol–water partition coefficient (Wildman–Crippen LogP) is 2.66. The third-order valence-electron chi connectivity index (χ3n) is 2.61. The molecule has 0 saturated heterocycles. The van der Waals surface area contributed by atoms with Gasteiger partial charge < -0.3 is 9.88 Å². The van der Waals surface area contributed by atoms with Gasteiger partial charge >= 0.3 is 0 Å². The van der Waals surface area contributed by atoms with Gasteiger partial charge in [-0.05, 0) is 25.1 Å². The van der Waals surface area contributed by atoms with Crippen LogP contribution in [0.2, 0.25) is 0 Å². The van der Waals surface area contributed by atoms with Crippen molar-refractivity contribution in [3.63, 3.8) is 0 Å². The molecule has 0 bridgehead atoms. The summed E-state index contributed by atoms with van der Waals surface area (Å²) in [4.78, 5) is 5.37. The number of nitrogens with one attached hydrogen (secondary N) is 1. The van der Waals surface area contributed by atoms with Crippen molar-refractivity contribution in [2.24, 2.45) is 0 Å². The third-order valence-corrected chi connectivity index (χ3v) is 3.37. The monoisotopic (exact) mass is 235 g/mol. The molecule has 0 aromatic carbocycles. The highest BCUT2D eigenvalue weighted by Crippen LogP contribution is 2.14. The van der Waals surface area contributed by atoms with E-state index in [1.807, 2.05) is 11.7 Å². The molecular weight excluding hydrogens is 218 g/mol. The molecule has 2 aromatic heterocycles. The summed E-state index contributed by atoms with van der Waals surface area (Å²) in [6.07, 6.45) is 6.26. The summed E-state index contributed by atoms with van der Waals surface area (Å²) in [7, 11) is 0. The van der Waals surface area contributed by atoms with Gasteiger partial charge in [-0.15, -0.1) is 11.3 Å². The molecular formula is C12H17N3S. The Labute approximate surface area is 100 Å². The molecule has 16 heavy (non-hydrogen) atoms. The fourth-order valence-corrected chi connectivity index (χ4v) is 2.34. The summed E-state index contributed by atoms with van der Waals surface area (Å²) in [5.41, 5.74) is 3.22. The van der Waals surface area contributed by atoms with Crippen molar-refractivity contribution < 1.29 is 0 Å². The van der Waals surface area contributed by atoms with Crippen molar-refractivity contribution in [1.29, 1.82) is 0 Å². The Morgan fingerprint density at radius 1 is 1.56 bits per heavy atom. The standard InChI is InChI=1S/C12H17N3S/c1-3-14-10(2)11-4-5-15(7-11)8-12-6-13-9-16-12/h4-7,9-10,14H,3,8H2,1-2H3. The van der Waals surface area contributed by atoms with E-state index in [9.17, 15) is 0 Å². The van der Waals surface area contributed by atoms with Crippen molar-refractivity contribution in [3.05, 3.63) is 40.6 Å². The van der Waals surface area contributed by atoms with E-state index in [0.717, 1.165) is 13.1 Å². The lowest BCUT2D eigenvalue weighted by Gasteiger charge is -2.09. The molecule has 0 fully saturated rings. The molecule has 0 aliphatic carbocycles. The van der Waals surface area contributed by atoms with Gasteiger partial charge in [0, 0.05) is 29.5 Å². The molecule has 0 spiro atoms. The molecule has 0 aliphatic rings. The topological polar surface area (TPSA) is 29.9 Å². The summed E-state index contributed by atoms with van der Waals surface area (Å²) in [6.45, 7) is 6.24. The zero-order valence-corrected chi connectivity index (χ0v) is 10.5. The van der Waals surface area contributed by atoms with Crippen molar-refractivity contribution in [3.8, 4) is 0 Å². The second kappa shape index (κ2) is 5.27. The maximum absolute atomic E-state index is 4.08. The quantitative estimate of drug-likeness (QED) is 0.863. The molecule has 0 aliphatic heterocycles. The predicted molar refractivity (Wildman–Crippen MR) is 67.7 cm³/mol. The van der Waals surface area contributed by atoms with Crippen LogP contribution in [0.5, 0.6) is 0 Å². The first-order chi connectivity index (χ1) is 7.79. The number of thiazole rings is 1. The first kappa shape index (κ1) is 11.4.